The molecule has 11 heteroatoms. The van der Waals surface area contributed by atoms with Gasteiger partial charge in [0.25, 0.3) is 23.2 Å². The zero-order chi connectivity index (χ0) is 21.0. The molecule has 0 aliphatic rings. The topological polar surface area (TPSA) is 155 Å². The minimum atomic E-state index is -0.833. The Balaban J connectivity index is 0.000000640. The molecule has 0 fully saturated rings. The number of nitrogens with zero attached hydrogens (tertiary/aromatic N) is 4. The molecule has 0 unspecified atom stereocenters. The van der Waals surface area contributed by atoms with Crippen LogP contribution in [0.2, 0.25) is 0 Å². The van der Waals surface area contributed by atoms with Gasteiger partial charge in [0.1, 0.15) is 11.3 Å². The number of carboxylic acid groups (broad SMARTS) is 1. The van der Waals surface area contributed by atoms with Gasteiger partial charge in [0, 0.05) is 12.5 Å². The Kier molecular flexibility index (Phi) is 6.29. The van der Waals surface area contributed by atoms with Crippen LogP contribution in [-0.4, -0.2) is 41.7 Å². The molecule has 3 aromatic heterocycles. The quantitative estimate of drug-likeness (QED) is 0.606. The number of hydrogen-bond donors (Lipinski definition) is 3. The van der Waals surface area contributed by atoms with Crippen LogP contribution < -0.4 is 10.9 Å². The number of amides is 1. The van der Waals surface area contributed by atoms with E-state index in [0.29, 0.717) is 34.9 Å². The minimum absolute atomic E-state index is 0.131. The first-order valence-electron chi connectivity index (χ1n) is 8.50. The van der Waals surface area contributed by atoms with Crippen molar-refractivity contribution in [3.63, 3.8) is 0 Å². The van der Waals surface area contributed by atoms with Crippen LogP contribution in [0.1, 0.15) is 48.1 Å². The second kappa shape index (κ2) is 8.46. The van der Waals surface area contributed by atoms with E-state index in [1.807, 2.05) is 13.8 Å². The summed E-state index contributed by atoms with van der Waals surface area (Å²) in [5.41, 5.74) is 1.37. The summed E-state index contributed by atoms with van der Waals surface area (Å²) in [5, 5.41) is 16.3. The highest BCUT2D eigenvalue weighted by molar-refractivity contribution is 6.03. The number of aryl methyl sites for hydroxylation is 2. The van der Waals surface area contributed by atoms with E-state index in [-0.39, 0.29) is 17.3 Å². The van der Waals surface area contributed by atoms with E-state index in [4.69, 9.17) is 14.4 Å². The molecule has 0 saturated heterocycles. The first-order valence-corrected chi connectivity index (χ1v) is 8.50. The molecule has 1 amide bonds. The molecule has 11 nitrogen and oxygen atoms in total. The van der Waals surface area contributed by atoms with Gasteiger partial charge in [0.05, 0.1) is 11.9 Å². The second-order valence-electron chi connectivity index (χ2n) is 6.56. The predicted octanol–water partition coefficient (Wildman–Crippen LogP) is 1.56. The minimum Gasteiger partial charge on any atom is -0.481 e. The lowest BCUT2D eigenvalue weighted by atomic mass is 10.0. The Bertz CT molecular complexity index is 1060. The van der Waals surface area contributed by atoms with Crippen molar-refractivity contribution in [3.05, 3.63) is 39.1 Å². The van der Waals surface area contributed by atoms with Crippen LogP contribution >= 0.6 is 0 Å². The molecule has 3 aromatic rings. The maximum absolute atomic E-state index is 12.6. The number of aromatic nitrogens is 5. The van der Waals surface area contributed by atoms with Crippen LogP contribution in [0.15, 0.2) is 15.5 Å². The number of H-pyrrole nitrogens is 1. The van der Waals surface area contributed by atoms with Crippen molar-refractivity contribution >= 4 is 23.6 Å². The number of rotatable bonds is 4. The predicted molar refractivity (Wildman–Crippen MR) is 99.4 cm³/mol. The zero-order valence-electron chi connectivity index (χ0n) is 16.2. The lowest BCUT2D eigenvalue weighted by molar-refractivity contribution is -0.134. The van der Waals surface area contributed by atoms with Gasteiger partial charge in [-0.3, -0.25) is 24.8 Å². The van der Waals surface area contributed by atoms with Gasteiger partial charge in [-0.25, -0.2) is 4.98 Å². The van der Waals surface area contributed by atoms with E-state index in [1.165, 1.54) is 10.7 Å². The van der Waals surface area contributed by atoms with Gasteiger partial charge in [0.2, 0.25) is 5.95 Å². The highest BCUT2D eigenvalue weighted by Gasteiger charge is 2.17. The van der Waals surface area contributed by atoms with Crippen molar-refractivity contribution < 1.29 is 19.2 Å². The maximum atomic E-state index is 12.6. The number of hydrogen-bond acceptors (Lipinski definition) is 7. The van der Waals surface area contributed by atoms with E-state index >= 15 is 0 Å². The summed E-state index contributed by atoms with van der Waals surface area (Å²) in [7, 11) is 0. The van der Waals surface area contributed by atoms with Crippen LogP contribution in [0, 0.1) is 19.8 Å². The normalized spacial score (nSPS) is 10.6. The van der Waals surface area contributed by atoms with E-state index in [9.17, 15) is 9.59 Å². The summed E-state index contributed by atoms with van der Waals surface area (Å²) >= 11 is 0. The highest BCUT2D eigenvalue weighted by Crippen LogP contribution is 2.11. The Morgan fingerprint density at radius 1 is 1.32 bits per heavy atom. The van der Waals surface area contributed by atoms with Gasteiger partial charge in [-0.2, -0.15) is 9.50 Å². The molecule has 0 spiro atoms. The third-order valence-electron chi connectivity index (χ3n) is 3.63. The molecule has 3 N–H and O–H groups in total. The van der Waals surface area contributed by atoms with Crippen LogP contribution in [0.5, 0.6) is 0 Å². The van der Waals surface area contributed by atoms with Crippen LogP contribution in [0.3, 0.4) is 0 Å². The SMILES string of the molecule is CC(=O)O.Cc1nc2nc(NC(=O)c3cnoc3C)[nH]n2c(=O)c1CC(C)C. The fourth-order valence-electron chi connectivity index (χ4n) is 2.45. The summed E-state index contributed by atoms with van der Waals surface area (Å²) in [6.45, 7) is 8.57. The van der Waals surface area contributed by atoms with E-state index in [2.05, 4.69) is 25.5 Å². The van der Waals surface area contributed by atoms with Gasteiger partial charge in [-0.1, -0.05) is 19.0 Å². The summed E-state index contributed by atoms with van der Waals surface area (Å²) in [6.07, 6.45) is 1.95. The fraction of sp³-hybridized carbons (Fsp3) is 0.412. The molecule has 0 aromatic carbocycles. The van der Waals surface area contributed by atoms with Crippen molar-refractivity contribution in [1.29, 1.82) is 0 Å². The fourth-order valence-corrected chi connectivity index (χ4v) is 2.45. The summed E-state index contributed by atoms with van der Waals surface area (Å²) < 4.78 is 6.10. The Labute approximate surface area is 159 Å². The van der Waals surface area contributed by atoms with Crippen LogP contribution in [0.4, 0.5) is 5.95 Å². The lowest BCUT2D eigenvalue weighted by Crippen LogP contribution is -2.23. The molecule has 0 radical (unpaired) electrons. The van der Waals surface area contributed by atoms with Gasteiger partial charge in [-0.15, -0.1) is 0 Å². The molecule has 28 heavy (non-hydrogen) atoms. The van der Waals surface area contributed by atoms with Crippen molar-refractivity contribution in [2.75, 3.05) is 5.32 Å². The number of nitrogens with one attached hydrogen (secondary N) is 2. The van der Waals surface area contributed by atoms with E-state index in [1.54, 1.807) is 13.8 Å². The van der Waals surface area contributed by atoms with Crippen molar-refractivity contribution in [2.24, 2.45) is 5.92 Å². The molecule has 3 rings (SSSR count). The summed E-state index contributed by atoms with van der Waals surface area (Å²) in [6, 6.07) is 0. The average molecular weight is 390 g/mol. The number of aromatic amines is 1. The Morgan fingerprint density at radius 3 is 2.50 bits per heavy atom. The maximum Gasteiger partial charge on any atom is 0.300 e. The monoisotopic (exact) mass is 390 g/mol. The summed E-state index contributed by atoms with van der Waals surface area (Å²) in [4.78, 5) is 42.2. The van der Waals surface area contributed by atoms with Gasteiger partial charge in [-0.05, 0) is 26.2 Å². The van der Waals surface area contributed by atoms with Crippen molar-refractivity contribution in [1.82, 2.24) is 24.7 Å². The van der Waals surface area contributed by atoms with Crippen molar-refractivity contribution in [3.8, 4) is 0 Å². The van der Waals surface area contributed by atoms with Crippen LogP contribution in [-0.2, 0) is 11.2 Å². The molecule has 0 aliphatic carbocycles. The molecule has 3 heterocycles. The average Bonchev–Trinajstić information content (AvgIpc) is 3.16. The van der Waals surface area contributed by atoms with Gasteiger partial charge >= 0.3 is 0 Å². The molecular formula is C17H22N6O5. The van der Waals surface area contributed by atoms with Gasteiger partial charge < -0.3 is 9.63 Å². The largest absolute Gasteiger partial charge is 0.481 e. The number of carbonyl (C=O) groups is 2. The van der Waals surface area contributed by atoms with E-state index in [0.717, 1.165) is 6.92 Å². The van der Waals surface area contributed by atoms with Crippen LogP contribution in [0.25, 0.3) is 5.78 Å². The zero-order valence-corrected chi connectivity index (χ0v) is 16.2. The molecule has 150 valence electrons. The number of aliphatic carboxylic acids is 1. The Morgan fingerprint density at radius 2 is 1.96 bits per heavy atom. The lowest BCUT2D eigenvalue weighted by Gasteiger charge is -2.06. The number of carboxylic acids is 1. The first kappa shape index (κ1) is 20.8. The third-order valence-corrected chi connectivity index (χ3v) is 3.63. The smallest absolute Gasteiger partial charge is 0.300 e. The molecule has 0 atom stereocenters. The number of anilines is 1. The first-order chi connectivity index (χ1) is 13.1. The Hall–Kier alpha value is -3.50. The van der Waals surface area contributed by atoms with Crippen molar-refractivity contribution in [2.45, 2.75) is 41.0 Å². The van der Waals surface area contributed by atoms with E-state index < -0.39 is 11.9 Å². The molecule has 0 bridgehead atoms. The standard InChI is InChI=1S/C15H18N6O3.C2H4O2/c1-7(2)5-10-8(3)17-15-19-14(20-21(15)13(10)23)18-12(22)11-6-16-24-9(11)4;1-2(3)4/h6-7H,5H2,1-4H3,(H2,17,18,19,20,22);1H3,(H,3,4). The number of fused-ring (bicyclic) bond motifs is 1. The highest BCUT2D eigenvalue weighted by atomic mass is 16.5. The molecule has 0 aliphatic heterocycles. The molecular weight excluding hydrogens is 368 g/mol. The molecule has 0 saturated carbocycles. The van der Waals surface area contributed by atoms with Gasteiger partial charge in [0.15, 0.2) is 0 Å². The second-order valence-corrected chi connectivity index (χ2v) is 6.56. The number of carbonyl (C=O) groups excluding carboxylic acids is 1. The third kappa shape index (κ3) is 4.81. The summed E-state index contributed by atoms with van der Waals surface area (Å²) in [5.74, 6) is -0.197.